The number of hydrogen-bond donors (Lipinski definition) is 1. The molecule has 0 aromatic heterocycles. The molecule has 0 aliphatic carbocycles. The van der Waals surface area contributed by atoms with E-state index in [1.54, 1.807) is 20.3 Å². The molecule has 20 heavy (non-hydrogen) atoms. The third-order valence-electron chi connectivity index (χ3n) is 3.07. The molecule has 1 aromatic rings. The Hall–Kier alpha value is -1.61. The first-order chi connectivity index (χ1) is 9.71. The van der Waals surface area contributed by atoms with Crippen molar-refractivity contribution in [3.63, 3.8) is 0 Å². The molecule has 0 aliphatic rings. The summed E-state index contributed by atoms with van der Waals surface area (Å²) >= 11 is 0. The van der Waals surface area contributed by atoms with Gasteiger partial charge in [0.2, 0.25) is 0 Å². The van der Waals surface area contributed by atoms with E-state index >= 15 is 0 Å². The van der Waals surface area contributed by atoms with Crippen LogP contribution in [-0.2, 0) is 11.3 Å². The first-order valence-corrected chi connectivity index (χ1v) is 6.66. The summed E-state index contributed by atoms with van der Waals surface area (Å²) in [5, 5.41) is 12.3. The van der Waals surface area contributed by atoms with Gasteiger partial charge in [-0.2, -0.15) is 5.26 Å². The number of rotatable bonds is 9. The molecular weight excluding hydrogens is 254 g/mol. The van der Waals surface area contributed by atoms with Gasteiger partial charge in [0.25, 0.3) is 0 Å². The van der Waals surface area contributed by atoms with E-state index in [9.17, 15) is 0 Å². The summed E-state index contributed by atoms with van der Waals surface area (Å²) in [6.07, 6.45) is 0. The maximum Gasteiger partial charge on any atom is 0.123 e. The maximum atomic E-state index is 8.92. The van der Waals surface area contributed by atoms with Gasteiger partial charge in [-0.25, -0.2) is 0 Å². The average molecular weight is 277 g/mol. The third-order valence-corrected chi connectivity index (χ3v) is 3.07. The molecule has 1 aromatic carbocycles. The lowest BCUT2D eigenvalue weighted by Gasteiger charge is -2.16. The Morgan fingerprint density at radius 1 is 1.30 bits per heavy atom. The molecule has 0 radical (unpaired) electrons. The zero-order valence-electron chi connectivity index (χ0n) is 12.5. The smallest absolute Gasteiger partial charge is 0.123 e. The Kier molecular flexibility index (Phi) is 7.66. The van der Waals surface area contributed by atoms with Crippen LogP contribution in [0.4, 0.5) is 0 Å². The molecule has 0 spiro atoms. The lowest BCUT2D eigenvalue weighted by Crippen LogP contribution is -2.31. The third kappa shape index (κ3) is 5.57. The van der Waals surface area contributed by atoms with Crippen molar-refractivity contribution in [1.82, 2.24) is 10.2 Å². The van der Waals surface area contributed by atoms with Gasteiger partial charge < -0.3 is 19.7 Å². The number of hydrogen-bond acceptors (Lipinski definition) is 5. The molecule has 0 saturated heterocycles. The van der Waals surface area contributed by atoms with Crippen LogP contribution in [0.3, 0.4) is 0 Å². The second kappa shape index (κ2) is 9.32. The first kappa shape index (κ1) is 16.4. The highest BCUT2D eigenvalue weighted by atomic mass is 16.5. The number of nitrogens with one attached hydrogen (secondary N) is 1. The second-order valence-electron chi connectivity index (χ2n) is 4.61. The Morgan fingerprint density at radius 3 is 2.75 bits per heavy atom. The predicted octanol–water partition coefficient (Wildman–Crippen LogP) is 1.23. The van der Waals surface area contributed by atoms with Crippen LogP contribution in [0.15, 0.2) is 18.2 Å². The van der Waals surface area contributed by atoms with Crippen molar-refractivity contribution in [1.29, 1.82) is 5.26 Å². The van der Waals surface area contributed by atoms with Gasteiger partial charge in [-0.05, 0) is 25.2 Å². The van der Waals surface area contributed by atoms with Gasteiger partial charge in [-0.15, -0.1) is 0 Å². The maximum absolute atomic E-state index is 8.92. The minimum Gasteiger partial charge on any atom is -0.496 e. The van der Waals surface area contributed by atoms with Gasteiger partial charge in [0.05, 0.1) is 25.3 Å². The van der Waals surface area contributed by atoms with Gasteiger partial charge >= 0.3 is 0 Å². The fourth-order valence-electron chi connectivity index (χ4n) is 1.84. The Bertz CT molecular complexity index is 443. The molecule has 0 bridgehead atoms. The van der Waals surface area contributed by atoms with Crippen molar-refractivity contribution in [2.45, 2.75) is 6.54 Å². The average Bonchev–Trinajstić information content (AvgIpc) is 2.49. The van der Waals surface area contributed by atoms with E-state index in [0.717, 1.165) is 37.6 Å². The summed E-state index contributed by atoms with van der Waals surface area (Å²) < 4.78 is 10.3. The number of nitrogens with zero attached hydrogens (tertiary/aromatic N) is 2. The second-order valence-corrected chi connectivity index (χ2v) is 4.61. The molecule has 0 fully saturated rings. The molecular formula is C15H23N3O2. The molecule has 1 rings (SSSR count). The fourth-order valence-corrected chi connectivity index (χ4v) is 1.84. The van der Waals surface area contributed by atoms with Crippen molar-refractivity contribution in [2.75, 3.05) is 47.5 Å². The highest BCUT2D eigenvalue weighted by Crippen LogP contribution is 2.19. The van der Waals surface area contributed by atoms with E-state index in [-0.39, 0.29) is 0 Å². The quantitative estimate of drug-likeness (QED) is 0.688. The number of benzene rings is 1. The van der Waals surface area contributed by atoms with E-state index in [1.165, 1.54) is 0 Å². The lowest BCUT2D eigenvalue weighted by molar-refractivity contribution is 0.161. The van der Waals surface area contributed by atoms with E-state index < -0.39 is 0 Å². The summed E-state index contributed by atoms with van der Waals surface area (Å²) in [7, 11) is 5.42. The van der Waals surface area contributed by atoms with Crippen molar-refractivity contribution >= 4 is 0 Å². The predicted molar refractivity (Wildman–Crippen MR) is 78.8 cm³/mol. The number of methoxy groups -OCH3 is 2. The SMILES string of the molecule is COCCN(C)CCNCc1cc(C#N)ccc1OC. The molecule has 0 saturated carbocycles. The number of ether oxygens (including phenoxy) is 2. The topological polar surface area (TPSA) is 57.5 Å². The van der Waals surface area contributed by atoms with Gasteiger partial charge in [-0.1, -0.05) is 0 Å². The molecule has 110 valence electrons. The van der Waals surface area contributed by atoms with Crippen LogP contribution in [0.25, 0.3) is 0 Å². The van der Waals surface area contributed by atoms with E-state index in [1.807, 2.05) is 12.1 Å². The van der Waals surface area contributed by atoms with Crippen molar-refractivity contribution in [3.8, 4) is 11.8 Å². The normalized spacial score (nSPS) is 10.6. The van der Waals surface area contributed by atoms with Crippen LogP contribution < -0.4 is 10.1 Å². The zero-order chi connectivity index (χ0) is 14.8. The highest BCUT2D eigenvalue weighted by Gasteiger charge is 2.04. The molecule has 0 unspecified atom stereocenters. The molecule has 5 heteroatoms. The first-order valence-electron chi connectivity index (χ1n) is 6.66. The van der Waals surface area contributed by atoms with Gasteiger partial charge in [-0.3, -0.25) is 0 Å². The van der Waals surface area contributed by atoms with Crippen LogP contribution in [0.5, 0.6) is 5.75 Å². The van der Waals surface area contributed by atoms with Crippen molar-refractivity contribution in [2.24, 2.45) is 0 Å². The van der Waals surface area contributed by atoms with Crippen LogP contribution >= 0.6 is 0 Å². The van der Waals surface area contributed by atoms with Crippen molar-refractivity contribution < 1.29 is 9.47 Å². The molecule has 1 N–H and O–H groups in total. The van der Waals surface area contributed by atoms with E-state index in [2.05, 4.69) is 23.3 Å². The summed E-state index contributed by atoms with van der Waals surface area (Å²) in [6, 6.07) is 7.60. The Labute approximate surface area is 121 Å². The summed E-state index contributed by atoms with van der Waals surface area (Å²) in [6.45, 7) is 4.18. The van der Waals surface area contributed by atoms with Crippen LogP contribution in [0.1, 0.15) is 11.1 Å². The molecule has 0 aliphatic heterocycles. The molecule has 0 atom stereocenters. The fraction of sp³-hybridized carbons (Fsp3) is 0.533. The number of nitriles is 1. The largest absolute Gasteiger partial charge is 0.496 e. The highest BCUT2D eigenvalue weighted by molar-refractivity contribution is 5.41. The summed E-state index contributed by atoms with van der Waals surface area (Å²) in [5.41, 5.74) is 1.66. The van der Waals surface area contributed by atoms with Gasteiger partial charge in [0, 0.05) is 38.9 Å². The minimum atomic E-state index is 0.653. The molecule has 0 heterocycles. The molecule has 5 nitrogen and oxygen atoms in total. The van der Waals surface area contributed by atoms with Crippen LogP contribution in [-0.4, -0.2) is 52.4 Å². The monoisotopic (exact) mass is 277 g/mol. The van der Waals surface area contributed by atoms with E-state index in [0.29, 0.717) is 12.1 Å². The summed E-state index contributed by atoms with van der Waals surface area (Å²) in [4.78, 5) is 2.21. The summed E-state index contributed by atoms with van der Waals surface area (Å²) in [5.74, 6) is 0.809. The molecule has 0 amide bonds. The van der Waals surface area contributed by atoms with Crippen LogP contribution in [0.2, 0.25) is 0 Å². The Morgan fingerprint density at radius 2 is 2.10 bits per heavy atom. The zero-order valence-corrected chi connectivity index (χ0v) is 12.5. The lowest BCUT2D eigenvalue weighted by atomic mass is 10.1. The minimum absolute atomic E-state index is 0.653. The van der Waals surface area contributed by atoms with Gasteiger partial charge in [0.15, 0.2) is 0 Å². The standard InChI is InChI=1S/C15H23N3O2/c1-18(8-9-19-2)7-6-17-12-14-10-13(11-16)4-5-15(14)20-3/h4-5,10,17H,6-9,12H2,1-3H3. The van der Waals surface area contributed by atoms with Crippen molar-refractivity contribution in [3.05, 3.63) is 29.3 Å². The van der Waals surface area contributed by atoms with Crippen LogP contribution in [0, 0.1) is 11.3 Å². The van der Waals surface area contributed by atoms with Gasteiger partial charge in [0.1, 0.15) is 5.75 Å². The number of likely N-dealkylation sites (N-methyl/N-ethyl adjacent to an activating group) is 1. The van der Waals surface area contributed by atoms with E-state index in [4.69, 9.17) is 14.7 Å². The Balaban J connectivity index is 2.39.